The number of benzene rings is 1. The molecule has 2 rings (SSSR count). The van der Waals surface area contributed by atoms with Gasteiger partial charge < -0.3 is 10.3 Å². The third kappa shape index (κ3) is 2.50. The van der Waals surface area contributed by atoms with Crippen molar-refractivity contribution in [2.45, 2.75) is 26.7 Å². The molecule has 0 aliphatic carbocycles. The molecule has 1 aromatic heterocycles. The molecule has 0 saturated carbocycles. The van der Waals surface area contributed by atoms with Crippen LogP contribution < -0.4 is 10.9 Å². The van der Waals surface area contributed by atoms with Crippen molar-refractivity contribution in [3.8, 4) is 0 Å². The Morgan fingerprint density at radius 2 is 2.22 bits per heavy atom. The fourth-order valence-corrected chi connectivity index (χ4v) is 1.81. The molecule has 5 heteroatoms. The second-order valence-electron chi connectivity index (χ2n) is 4.28. The van der Waals surface area contributed by atoms with E-state index < -0.39 is 0 Å². The summed E-state index contributed by atoms with van der Waals surface area (Å²) in [6, 6.07) is 2.82. The van der Waals surface area contributed by atoms with Gasteiger partial charge >= 0.3 is 0 Å². The monoisotopic (exact) mass is 249 g/mol. The van der Waals surface area contributed by atoms with Crippen LogP contribution in [0.3, 0.4) is 0 Å². The van der Waals surface area contributed by atoms with Crippen molar-refractivity contribution in [3.05, 3.63) is 34.1 Å². The highest BCUT2D eigenvalue weighted by molar-refractivity contribution is 5.81. The molecule has 1 heterocycles. The van der Waals surface area contributed by atoms with Crippen molar-refractivity contribution < 1.29 is 4.39 Å². The van der Waals surface area contributed by atoms with Gasteiger partial charge in [-0.05, 0) is 19.4 Å². The van der Waals surface area contributed by atoms with Gasteiger partial charge in [-0.2, -0.15) is 0 Å². The largest absolute Gasteiger partial charge is 0.383 e. The Hall–Kier alpha value is -1.91. The number of unbranched alkanes of at least 4 members (excludes halogenated alkanes) is 1. The summed E-state index contributed by atoms with van der Waals surface area (Å²) in [4.78, 5) is 18.5. The molecule has 0 amide bonds. The zero-order valence-electron chi connectivity index (χ0n) is 10.5. The van der Waals surface area contributed by atoms with Crippen LogP contribution >= 0.6 is 0 Å². The van der Waals surface area contributed by atoms with Crippen molar-refractivity contribution in [1.29, 1.82) is 0 Å². The van der Waals surface area contributed by atoms with Crippen LogP contribution in [0, 0.1) is 12.7 Å². The van der Waals surface area contributed by atoms with Crippen LogP contribution in [-0.4, -0.2) is 16.5 Å². The maximum atomic E-state index is 13.8. The summed E-state index contributed by atoms with van der Waals surface area (Å²) in [6.07, 6.45) is 1.99. The van der Waals surface area contributed by atoms with E-state index in [0.717, 1.165) is 12.8 Å². The van der Waals surface area contributed by atoms with Crippen LogP contribution in [0.4, 0.5) is 10.1 Å². The van der Waals surface area contributed by atoms with Gasteiger partial charge in [0.05, 0.1) is 16.6 Å². The van der Waals surface area contributed by atoms with Gasteiger partial charge in [0.15, 0.2) is 0 Å². The number of aromatic nitrogens is 2. The highest BCUT2D eigenvalue weighted by Gasteiger charge is 2.08. The first-order valence-electron chi connectivity index (χ1n) is 6.06. The fourth-order valence-electron chi connectivity index (χ4n) is 1.81. The molecule has 0 spiro atoms. The Labute approximate surface area is 104 Å². The summed E-state index contributed by atoms with van der Waals surface area (Å²) in [5.74, 6) is 0.106. The van der Waals surface area contributed by atoms with E-state index in [9.17, 15) is 9.18 Å². The highest BCUT2D eigenvalue weighted by Crippen LogP contribution is 2.19. The van der Waals surface area contributed by atoms with Crippen molar-refractivity contribution in [3.63, 3.8) is 0 Å². The molecule has 0 radical (unpaired) electrons. The Morgan fingerprint density at radius 1 is 1.44 bits per heavy atom. The zero-order valence-corrected chi connectivity index (χ0v) is 10.5. The molecule has 96 valence electrons. The maximum Gasteiger partial charge on any atom is 0.258 e. The minimum absolute atomic E-state index is 0.240. The molecule has 4 nitrogen and oxygen atoms in total. The van der Waals surface area contributed by atoms with Crippen molar-refractivity contribution in [2.24, 2.45) is 0 Å². The molecule has 1 aromatic carbocycles. The van der Waals surface area contributed by atoms with Crippen molar-refractivity contribution >= 4 is 16.6 Å². The van der Waals surface area contributed by atoms with Crippen molar-refractivity contribution in [2.75, 3.05) is 11.9 Å². The topological polar surface area (TPSA) is 57.8 Å². The molecule has 0 bridgehead atoms. The van der Waals surface area contributed by atoms with Crippen LogP contribution in [-0.2, 0) is 0 Å². The molecule has 0 unspecified atom stereocenters. The Kier molecular flexibility index (Phi) is 3.60. The molecule has 0 fully saturated rings. The predicted molar refractivity (Wildman–Crippen MR) is 70.5 cm³/mol. The van der Waals surface area contributed by atoms with Crippen LogP contribution in [0.2, 0.25) is 0 Å². The number of rotatable bonds is 4. The molecular formula is C13H16FN3O. The average Bonchev–Trinajstić information content (AvgIpc) is 2.30. The molecule has 2 N–H and O–H groups in total. The lowest BCUT2D eigenvalue weighted by Gasteiger charge is -2.08. The van der Waals surface area contributed by atoms with Crippen LogP contribution in [0.25, 0.3) is 10.9 Å². The van der Waals surface area contributed by atoms with Crippen molar-refractivity contribution in [1.82, 2.24) is 9.97 Å². The van der Waals surface area contributed by atoms with Crippen LogP contribution in [0.15, 0.2) is 16.9 Å². The second kappa shape index (κ2) is 5.16. The predicted octanol–water partition coefficient (Wildman–Crippen LogP) is 2.58. The van der Waals surface area contributed by atoms with Gasteiger partial charge in [-0.25, -0.2) is 9.37 Å². The minimum atomic E-state index is -0.379. The molecule has 18 heavy (non-hydrogen) atoms. The Bertz CT molecular complexity index is 621. The normalized spacial score (nSPS) is 10.8. The second-order valence-corrected chi connectivity index (χ2v) is 4.28. The number of halogens is 1. The van der Waals surface area contributed by atoms with E-state index in [4.69, 9.17) is 0 Å². The average molecular weight is 249 g/mol. The number of hydrogen-bond acceptors (Lipinski definition) is 3. The molecule has 0 aliphatic heterocycles. The first-order valence-corrected chi connectivity index (χ1v) is 6.06. The summed E-state index contributed by atoms with van der Waals surface area (Å²) >= 11 is 0. The van der Waals surface area contributed by atoms with E-state index >= 15 is 0 Å². The number of anilines is 1. The van der Waals surface area contributed by atoms with E-state index in [1.165, 1.54) is 12.1 Å². The van der Waals surface area contributed by atoms with E-state index in [1.54, 1.807) is 6.92 Å². The van der Waals surface area contributed by atoms with Gasteiger partial charge in [0.2, 0.25) is 0 Å². The Balaban J connectivity index is 2.44. The lowest BCUT2D eigenvalue weighted by molar-refractivity contribution is 0.630. The summed E-state index contributed by atoms with van der Waals surface area (Å²) in [6.45, 7) is 4.43. The zero-order chi connectivity index (χ0) is 13.1. The van der Waals surface area contributed by atoms with Gasteiger partial charge in [-0.15, -0.1) is 0 Å². The SMILES string of the molecule is CCCCNc1cc2c(=O)[nH]c(C)nc2cc1F. The van der Waals surface area contributed by atoms with E-state index in [-0.39, 0.29) is 11.4 Å². The number of nitrogens with one attached hydrogen (secondary N) is 2. The first-order chi connectivity index (χ1) is 8.61. The minimum Gasteiger partial charge on any atom is -0.383 e. The fraction of sp³-hybridized carbons (Fsp3) is 0.385. The van der Waals surface area contributed by atoms with Gasteiger partial charge in [0.25, 0.3) is 5.56 Å². The summed E-state index contributed by atoms with van der Waals surface area (Å²) in [5.41, 5.74) is 0.498. The smallest absolute Gasteiger partial charge is 0.258 e. The van der Waals surface area contributed by atoms with Crippen LogP contribution in [0.1, 0.15) is 25.6 Å². The third-order valence-electron chi connectivity index (χ3n) is 2.76. The number of aryl methyl sites for hydroxylation is 1. The lowest BCUT2D eigenvalue weighted by atomic mass is 10.2. The van der Waals surface area contributed by atoms with Gasteiger partial charge in [-0.3, -0.25) is 4.79 Å². The molecule has 0 saturated heterocycles. The van der Waals surface area contributed by atoms with Crippen LogP contribution in [0.5, 0.6) is 0 Å². The standard InChI is InChI=1S/C13H16FN3O/c1-3-4-5-15-12-6-9-11(7-10(12)14)16-8(2)17-13(9)18/h6-7,15H,3-5H2,1-2H3,(H,16,17,18). The third-order valence-corrected chi connectivity index (χ3v) is 2.76. The van der Waals surface area contributed by atoms with E-state index in [2.05, 4.69) is 22.2 Å². The van der Waals surface area contributed by atoms with E-state index in [0.29, 0.717) is 29.0 Å². The highest BCUT2D eigenvalue weighted by atomic mass is 19.1. The number of fused-ring (bicyclic) bond motifs is 1. The summed E-state index contributed by atoms with van der Waals surface area (Å²) < 4.78 is 13.8. The first kappa shape index (κ1) is 12.5. The van der Waals surface area contributed by atoms with E-state index in [1.807, 2.05) is 0 Å². The van der Waals surface area contributed by atoms with Gasteiger partial charge in [0, 0.05) is 12.6 Å². The number of hydrogen-bond donors (Lipinski definition) is 2. The van der Waals surface area contributed by atoms with Gasteiger partial charge in [0.1, 0.15) is 11.6 Å². The number of nitrogens with zero attached hydrogens (tertiary/aromatic N) is 1. The number of aromatic amines is 1. The molecule has 2 aromatic rings. The molecule has 0 aliphatic rings. The number of H-pyrrole nitrogens is 1. The quantitative estimate of drug-likeness (QED) is 0.819. The molecular weight excluding hydrogens is 233 g/mol. The lowest BCUT2D eigenvalue weighted by Crippen LogP contribution is -2.11. The maximum absolute atomic E-state index is 13.8. The summed E-state index contributed by atoms with van der Waals surface area (Å²) in [5, 5.41) is 3.40. The molecule has 0 atom stereocenters. The summed E-state index contributed by atoms with van der Waals surface area (Å²) in [7, 11) is 0. The Morgan fingerprint density at radius 3 is 2.94 bits per heavy atom. The van der Waals surface area contributed by atoms with Gasteiger partial charge in [-0.1, -0.05) is 13.3 Å².